The lowest BCUT2D eigenvalue weighted by Gasteiger charge is -2.37. The predicted molar refractivity (Wildman–Crippen MR) is 79.2 cm³/mol. The number of amides is 1. The minimum Gasteiger partial charge on any atom is -0.396 e. The van der Waals surface area contributed by atoms with E-state index in [-0.39, 0.29) is 24.5 Å². The fraction of sp³-hybridized carbons (Fsp3) is 0.533. The van der Waals surface area contributed by atoms with Gasteiger partial charge in [-0.1, -0.05) is 15.9 Å². The monoisotopic (exact) mass is 325 g/mol. The molecule has 2 atom stereocenters. The number of carbonyl (C=O) groups excluding carboxylic acids is 1. The quantitative estimate of drug-likeness (QED) is 0.908. The van der Waals surface area contributed by atoms with Crippen LogP contribution in [0.5, 0.6) is 0 Å². The molecular weight excluding hydrogens is 306 g/mol. The van der Waals surface area contributed by atoms with Gasteiger partial charge in [0.1, 0.15) is 0 Å². The van der Waals surface area contributed by atoms with Gasteiger partial charge in [0.15, 0.2) is 0 Å². The van der Waals surface area contributed by atoms with Gasteiger partial charge < -0.3 is 10.0 Å². The van der Waals surface area contributed by atoms with Crippen molar-refractivity contribution in [2.75, 3.05) is 13.2 Å². The van der Waals surface area contributed by atoms with E-state index in [0.717, 1.165) is 28.4 Å². The normalized spacial score (nSPS) is 23.5. The zero-order valence-electron chi connectivity index (χ0n) is 11.4. The van der Waals surface area contributed by atoms with Crippen LogP contribution in [-0.2, 0) is 0 Å². The van der Waals surface area contributed by atoms with Crippen molar-refractivity contribution in [1.29, 1.82) is 0 Å². The highest BCUT2D eigenvalue weighted by Crippen LogP contribution is 2.24. The number of aliphatic hydroxyl groups excluding tert-OH is 1. The molecular formula is C15H20BrNO2. The Kier molecular flexibility index (Phi) is 4.63. The average Bonchev–Trinajstić information content (AvgIpc) is 2.37. The van der Waals surface area contributed by atoms with E-state index in [1.165, 1.54) is 0 Å². The van der Waals surface area contributed by atoms with Gasteiger partial charge in [0, 0.05) is 29.2 Å². The molecule has 2 rings (SSSR count). The maximum absolute atomic E-state index is 12.6. The van der Waals surface area contributed by atoms with Gasteiger partial charge in [-0.15, -0.1) is 0 Å². The molecule has 1 saturated heterocycles. The average molecular weight is 326 g/mol. The van der Waals surface area contributed by atoms with Crippen molar-refractivity contribution in [3.8, 4) is 0 Å². The van der Waals surface area contributed by atoms with E-state index >= 15 is 0 Å². The van der Waals surface area contributed by atoms with E-state index < -0.39 is 0 Å². The van der Waals surface area contributed by atoms with E-state index in [1.807, 2.05) is 30.0 Å². The number of piperidine rings is 1. The van der Waals surface area contributed by atoms with Gasteiger partial charge >= 0.3 is 0 Å². The van der Waals surface area contributed by atoms with Gasteiger partial charge in [0.05, 0.1) is 0 Å². The van der Waals surface area contributed by atoms with Gasteiger partial charge in [-0.05, 0) is 56.4 Å². The second-order valence-corrected chi connectivity index (χ2v) is 6.37. The number of hydrogen-bond donors (Lipinski definition) is 1. The highest BCUT2D eigenvalue weighted by molar-refractivity contribution is 9.10. The minimum atomic E-state index is 0.0649. The lowest BCUT2D eigenvalue weighted by Crippen LogP contribution is -2.46. The SMILES string of the molecule is Cc1cc(Br)cc(C(=O)N2CC(CO)CCC2C)c1. The number of hydrogen-bond acceptors (Lipinski definition) is 2. The van der Waals surface area contributed by atoms with Crippen molar-refractivity contribution in [3.05, 3.63) is 33.8 Å². The Balaban J connectivity index is 2.21. The van der Waals surface area contributed by atoms with Crippen molar-refractivity contribution >= 4 is 21.8 Å². The Morgan fingerprint density at radius 3 is 2.79 bits per heavy atom. The summed E-state index contributed by atoms with van der Waals surface area (Å²) in [6.07, 6.45) is 1.96. The highest BCUT2D eigenvalue weighted by atomic mass is 79.9. The van der Waals surface area contributed by atoms with Gasteiger partial charge in [0.2, 0.25) is 0 Å². The second-order valence-electron chi connectivity index (χ2n) is 5.45. The summed E-state index contributed by atoms with van der Waals surface area (Å²) in [5, 5.41) is 9.29. The first kappa shape index (κ1) is 14.5. The minimum absolute atomic E-state index is 0.0649. The Morgan fingerprint density at radius 2 is 2.16 bits per heavy atom. The molecule has 1 fully saturated rings. The molecule has 2 unspecified atom stereocenters. The fourth-order valence-electron chi connectivity index (χ4n) is 2.64. The predicted octanol–water partition coefficient (Wildman–Crippen LogP) is 2.99. The van der Waals surface area contributed by atoms with Crippen molar-refractivity contribution < 1.29 is 9.90 Å². The molecule has 0 saturated carbocycles. The van der Waals surface area contributed by atoms with Crippen molar-refractivity contribution in [2.24, 2.45) is 5.92 Å². The standard InChI is InChI=1S/C15H20BrNO2/c1-10-5-13(7-14(16)6-10)15(19)17-8-12(9-18)4-3-11(17)2/h5-7,11-12,18H,3-4,8-9H2,1-2H3. The zero-order chi connectivity index (χ0) is 14.0. The maximum Gasteiger partial charge on any atom is 0.254 e. The smallest absolute Gasteiger partial charge is 0.254 e. The van der Waals surface area contributed by atoms with Crippen LogP contribution in [-0.4, -0.2) is 35.1 Å². The first-order chi connectivity index (χ1) is 9.01. The van der Waals surface area contributed by atoms with Crippen molar-refractivity contribution in [2.45, 2.75) is 32.7 Å². The number of aliphatic hydroxyl groups is 1. The van der Waals surface area contributed by atoms with Crippen LogP contribution in [0.2, 0.25) is 0 Å². The molecule has 1 aliphatic heterocycles. The summed E-state index contributed by atoms with van der Waals surface area (Å²) in [7, 11) is 0. The molecule has 0 spiro atoms. The van der Waals surface area contributed by atoms with Crippen LogP contribution < -0.4 is 0 Å². The van der Waals surface area contributed by atoms with Crippen LogP contribution >= 0.6 is 15.9 Å². The Hall–Kier alpha value is -0.870. The molecule has 1 heterocycles. The van der Waals surface area contributed by atoms with Crippen LogP contribution in [0.15, 0.2) is 22.7 Å². The molecule has 0 aromatic heterocycles. The molecule has 4 heteroatoms. The largest absolute Gasteiger partial charge is 0.396 e. The summed E-state index contributed by atoms with van der Waals surface area (Å²) in [5.41, 5.74) is 1.79. The Bertz CT molecular complexity index is 455. The van der Waals surface area contributed by atoms with Gasteiger partial charge in [-0.2, -0.15) is 0 Å². The first-order valence-electron chi connectivity index (χ1n) is 6.70. The number of aryl methyl sites for hydroxylation is 1. The summed E-state index contributed by atoms with van der Waals surface area (Å²) in [6, 6.07) is 6.02. The number of nitrogens with zero attached hydrogens (tertiary/aromatic N) is 1. The molecule has 0 radical (unpaired) electrons. The van der Waals surface area contributed by atoms with Crippen LogP contribution in [0.4, 0.5) is 0 Å². The lowest BCUT2D eigenvalue weighted by molar-refractivity contribution is 0.0489. The summed E-state index contributed by atoms with van der Waals surface area (Å²) >= 11 is 3.44. The van der Waals surface area contributed by atoms with Crippen LogP contribution in [0.3, 0.4) is 0 Å². The summed E-state index contributed by atoms with van der Waals surface area (Å²) < 4.78 is 0.930. The highest BCUT2D eigenvalue weighted by Gasteiger charge is 2.29. The lowest BCUT2D eigenvalue weighted by atomic mass is 9.93. The third-order valence-corrected chi connectivity index (χ3v) is 4.25. The molecule has 1 N–H and O–H groups in total. The van der Waals surface area contributed by atoms with Crippen molar-refractivity contribution in [3.63, 3.8) is 0 Å². The van der Waals surface area contributed by atoms with Crippen molar-refractivity contribution in [1.82, 2.24) is 4.90 Å². The van der Waals surface area contributed by atoms with Crippen LogP contribution in [0.1, 0.15) is 35.7 Å². The summed E-state index contributed by atoms with van der Waals surface area (Å²) in [4.78, 5) is 14.5. The number of benzene rings is 1. The van der Waals surface area contributed by atoms with E-state index in [1.54, 1.807) is 0 Å². The summed E-state index contributed by atoms with van der Waals surface area (Å²) in [6.45, 7) is 4.88. The molecule has 1 aliphatic rings. The number of rotatable bonds is 2. The maximum atomic E-state index is 12.6. The number of carbonyl (C=O) groups is 1. The van der Waals surface area contributed by atoms with Gasteiger partial charge in [0.25, 0.3) is 5.91 Å². The Labute approximate surface area is 122 Å². The summed E-state index contributed by atoms with van der Waals surface area (Å²) in [5.74, 6) is 0.281. The molecule has 1 aromatic rings. The van der Waals surface area contributed by atoms with E-state index in [4.69, 9.17) is 0 Å². The Morgan fingerprint density at radius 1 is 1.42 bits per heavy atom. The van der Waals surface area contributed by atoms with E-state index in [9.17, 15) is 9.90 Å². The third-order valence-electron chi connectivity index (χ3n) is 3.79. The zero-order valence-corrected chi connectivity index (χ0v) is 13.0. The van der Waals surface area contributed by atoms with Gasteiger partial charge in [-0.25, -0.2) is 0 Å². The number of likely N-dealkylation sites (tertiary alicyclic amines) is 1. The molecule has 104 valence electrons. The van der Waals surface area contributed by atoms with Gasteiger partial charge in [-0.3, -0.25) is 4.79 Å². The molecule has 0 aliphatic carbocycles. The molecule has 3 nitrogen and oxygen atoms in total. The second kappa shape index (κ2) is 6.06. The third kappa shape index (κ3) is 3.37. The molecule has 1 amide bonds. The number of halogens is 1. The topological polar surface area (TPSA) is 40.5 Å². The van der Waals surface area contributed by atoms with E-state index in [0.29, 0.717) is 6.54 Å². The molecule has 19 heavy (non-hydrogen) atoms. The van der Waals surface area contributed by atoms with E-state index in [2.05, 4.69) is 22.9 Å². The van der Waals surface area contributed by atoms with Crippen LogP contribution in [0.25, 0.3) is 0 Å². The molecule has 0 bridgehead atoms. The fourth-order valence-corrected chi connectivity index (χ4v) is 3.25. The molecule has 1 aromatic carbocycles. The van der Waals surface area contributed by atoms with Crippen LogP contribution in [0, 0.1) is 12.8 Å². The first-order valence-corrected chi connectivity index (χ1v) is 7.49.